The third-order valence-electron chi connectivity index (χ3n) is 3.10. The Labute approximate surface area is 101 Å². The highest BCUT2D eigenvalue weighted by Gasteiger charge is 2.42. The van der Waals surface area contributed by atoms with Crippen LogP contribution >= 0.6 is 0 Å². The van der Waals surface area contributed by atoms with Gasteiger partial charge in [-0.25, -0.2) is 0 Å². The number of carbonyl (C=O) groups excluding carboxylic acids is 1. The first-order chi connectivity index (χ1) is 7.88. The Morgan fingerprint density at radius 1 is 1.35 bits per heavy atom. The third kappa shape index (κ3) is 3.16. The minimum atomic E-state index is -1.18. The number of nitrogens with one attached hydrogen (secondary N) is 1. The second kappa shape index (κ2) is 5.77. The summed E-state index contributed by atoms with van der Waals surface area (Å²) in [7, 11) is 0. The lowest BCUT2D eigenvalue weighted by molar-refractivity contribution is -0.213. The van der Waals surface area contributed by atoms with Gasteiger partial charge in [0, 0.05) is 11.8 Å². The van der Waals surface area contributed by atoms with Crippen LogP contribution in [0.3, 0.4) is 0 Å². The zero-order chi connectivity index (χ0) is 13.2. The molecule has 17 heavy (non-hydrogen) atoms. The standard InChI is InChI=1S/C11H21NO5/c1-5(2)10(16)12-11-9(15)8(14)6(3)7(4-13)17-11/h5-9,11,13-15H,4H2,1-3H3,(H,12,16). The van der Waals surface area contributed by atoms with Gasteiger partial charge in [-0.2, -0.15) is 0 Å². The maximum absolute atomic E-state index is 11.5. The summed E-state index contributed by atoms with van der Waals surface area (Å²) in [5.41, 5.74) is 0. The number of hydrogen-bond donors (Lipinski definition) is 4. The van der Waals surface area contributed by atoms with Gasteiger partial charge in [-0.3, -0.25) is 4.79 Å². The number of rotatable bonds is 3. The Balaban J connectivity index is 2.69. The molecule has 1 aliphatic rings. The SMILES string of the molecule is CC(C)C(=O)NC1OC(CO)C(C)C(O)C1O. The molecule has 4 N–H and O–H groups in total. The monoisotopic (exact) mass is 247 g/mol. The van der Waals surface area contributed by atoms with Gasteiger partial charge >= 0.3 is 0 Å². The maximum Gasteiger partial charge on any atom is 0.224 e. The number of carbonyl (C=O) groups is 1. The predicted molar refractivity (Wildman–Crippen MR) is 59.9 cm³/mol. The predicted octanol–water partition coefficient (Wildman–Crippen LogP) is -1.17. The summed E-state index contributed by atoms with van der Waals surface area (Å²) in [4.78, 5) is 11.5. The highest BCUT2D eigenvalue weighted by molar-refractivity contribution is 5.78. The van der Waals surface area contributed by atoms with Crippen molar-refractivity contribution in [3.63, 3.8) is 0 Å². The molecule has 0 spiro atoms. The summed E-state index contributed by atoms with van der Waals surface area (Å²) in [5, 5.41) is 31.2. The maximum atomic E-state index is 11.5. The van der Waals surface area contributed by atoms with Crippen LogP contribution in [0.15, 0.2) is 0 Å². The van der Waals surface area contributed by atoms with Crippen molar-refractivity contribution in [1.82, 2.24) is 5.32 Å². The van der Waals surface area contributed by atoms with Crippen molar-refractivity contribution >= 4 is 5.91 Å². The molecular formula is C11H21NO5. The molecule has 1 saturated heterocycles. The number of aliphatic hydroxyl groups excluding tert-OH is 3. The minimum Gasteiger partial charge on any atom is -0.394 e. The van der Waals surface area contributed by atoms with Crippen LogP contribution in [0.4, 0.5) is 0 Å². The van der Waals surface area contributed by atoms with E-state index in [1.165, 1.54) is 0 Å². The first-order valence-corrected chi connectivity index (χ1v) is 5.81. The van der Waals surface area contributed by atoms with Gasteiger partial charge in [0.1, 0.15) is 6.10 Å². The minimum absolute atomic E-state index is 0.241. The number of ether oxygens (including phenoxy) is 1. The Bertz CT molecular complexity index is 269. The molecule has 1 amide bonds. The van der Waals surface area contributed by atoms with Crippen LogP contribution in [-0.4, -0.2) is 52.4 Å². The fraction of sp³-hybridized carbons (Fsp3) is 0.909. The molecule has 0 saturated carbocycles. The van der Waals surface area contributed by atoms with Crippen molar-refractivity contribution in [1.29, 1.82) is 0 Å². The molecule has 6 nitrogen and oxygen atoms in total. The van der Waals surface area contributed by atoms with Crippen LogP contribution in [0.5, 0.6) is 0 Å². The highest BCUT2D eigenvalue weighted by atomic mass is 16.5. The summed E-state index contributed by atoms with van der Waals surface area (Å²) in [6, 6.07) is 0. The van der Waals surface area contributed by atoms with E-state index in [1.807, 2.05) is 0 Å². The average molecular weight is 247 g/mol. The zero-order valence-electron chi connectivity index (χ0n) is 10.3. The van der Waals surface area contributed by atoms with E-state index in [2.05, 4.69) is 5.32 Å². The summed E-state index contributed by atoms with van der Waals surface area (Å²) in [6.07, 6.45) is -3.78. The molecule has 0 aromatic heterocycles. The van der Waals surface area contributed by atoms with E-state index in [9.17, 15) is 15.0 Å². The van der Waals surface area contributed by atoms with Gasteiger partial charge in [0.25, 0.3) is 0 Å². The molecule has 0 aromatic carbocycles. The lowest BCUT2D eigenvalue weighted by Crippen LogP contribution is -2.60. The van der Waals surface area contributed by atoms with E-state index in [-0.39, 0.29) is 24.3 Å². The topological polar surface area (TPSA) is 99.0 Å². The summed E-state index contributed by atoms with van der Waals surface area (Å²) < 4.78 is 5.36. The Morgan fingerprint density at radius 3 is 2.41 bits per heavy atom. The molecule has 5 unspecified atom stereocenters. The molecule has 1 heterocycles. The van der Waals surface area contributed by atoms with E-state index in [0.29, 0.717) is 0 Å². The quantitative estimate of drug-likeness (QED) is 0.504. The van der Waals surface area contributed by atoms with Crippen molar-refractivity contribution < 1.29 is 24.9 Å². The van der Waals surface area contributed by atoms with E-state index in [1.54, 1.807) is 20.8 Å². The van der Waals surface area contributed by atoms with Crippen LogP contribution in [-0.2, 0) is 9.53 Å². The zero-order valence-corrected chi connectivity index (χ0v) is 10.3. The molecule has 0 bridgehead atoms. The molecule has 1 rings (SSSR count). The smallest absolute Gasteiger partial charge is 0.224 e. The van der Waals surface area contributed by atoms with Gasteiger partial charge < -0.3 is 25.4 Å². The summed E-state index contributed by atoms with van der Waals surface area (Å²) in [5.74, 6) is -0.899. The number of aliphatic hydroxyl groups is 3. The van der Waals surface area contributed by atoms with Crippen molar-refractivity contribution in [2.75, 3.05) is 6.61 Å². The van der Waals surface area contributed by atoms with E-state index < -0.39 is 24.5 Å². The first-order valence-electron chi connectivity index (χ1n) is 5.81. The Kier molecular flexibility index (Phi) is 4.88. The van der Waals surface area contributed by atoms with Gasteiger partial charge in [0.15, 0.2) is 6.23 Å². The largest absolute Gasteiger partial charge is 0.394 e. The van der Waals surface area contributed by atoms with Gasteiger partial charge in [-0.15, -0.1) is 0 Å². The van der Waals surface area contributed by atoms with E-state index in [4.69, 9.17) is 9.84 Å². The van der Waals surface area contributed by atoms with Gasteiger partial charge in [0.05, 0.1) is 18.8 Å². The summed E-state index contributed by atoms with van der Waals surface area (Å²) in [6.45, 7) is 4.84. The second-order valence-electron chi connectivity index (χ2n) is 4.78. The Morgan fingerprint density at radius 2 is 1.94 bits per heavy atom. The van der Waals surface area contributed by atoms with Crippen LogP contribution < -0.4 is 5.32 Å². The van der Waals surface area contributed by atoms with Crippen LogP contribution in [0, 0.1) is 11.8 Å². The van der Waals surface area contributed by atoms with Crippen molar-refractivity contribution in [3.05, 3.63) is 0 Å². The van der Waals surface area contributed by atoms with E-state index in [0.717, 1.165) is 0 Å². The van der Waals surface area contributed by atoms with Gasteiger partial charge in [-0.1, -0.05) is 20.8 Å². The molecule has 5 atom stereocenters. The molecule has 0 aromatic rings. The lowest BCUT2D eigenvalue weighted by Gasteiger charge is -2.41. The number of hydrogen-bond acceptors (Lipinski definition) is 5. The van der Waals surface area contributed by atoms with Gasteiger partial charge in [0.2, 0.25) is 5.91 Å². The lowest BCUT2D eigenvalue weighted by atomic mass is 9.90. The van der Waals surface area contributed by atoms with Gasteiger partial charge in [-0.05, 0) is 0 Å². The third-order valence-corrected chi connectivity index (χ3v) is 3.10. The van der Waals surface area contributed by atoms with Crippen molar-refractivity contribution in [2.45, 2.75) is 45.3 Å². The number of amides is 1. The normalized spacial score (nSPS) is 38.2. The van der Waals surface area contributed by atoms with E-state index >= 15 is 0 Å². The molecule has 1 fully saturated rings. The van der Waals surface area contributed by atoms with Crippen LogP contribution in [0.25, 0.3) is 0 Å². The summed E-state index contributed by atoms with van der Waals surface area (Å²) >= 11 is 0. The molecule has 100 valence electrons. The molecular weight excluding hydrogens is 226 g/mol. The Hall–Kier alpha value is -0.690. The molecule has 6 heteroatoms. The fourth-order valence-corrected chi connectivity index (χ4v) is 1.74. The van der Waals surface area contributed by atoms with Crippen molar-refractivity contribution in [2.24, 2.45) is 11.8 Å². The fourth-order valence-electron chi connectivity index (χ4n) is 1.74. The van der Waals surface area contributed by atoms with Crippen molar-refractivity contribution in [3.8, 4) is 0 Å². The van der Waals surface area contributed by atoms with Crippen LogP contribution in [0.2, 0.25) is 0 Å². The molecule has 0 aliphatic carbocycles. The molecule has 1 aliphatic heterocycles. The molecule has 0 radical (unpaired) electrons. The first kappa shape index (κ1) is 14.4. The van der Waals surface area contributed by atoms with Crippen LogP contribution in [0.1, 0.15) is 20.8 Å². The second-order valence-corrected chi connectivity index (χ2v) is 4.78. The average Bonchev–Trinajstić information content (AvgIpc) is 2.29. The highest BCUT2D eigenvalue weighted by Crippen LogP contribution is 2.24.